The van der Waals surface area contributed by atoms with Crippen molar-refractivity contribution < 1.29 is 14.3 Å². The molecule has 1 aromatic carbocycles. The van der Waals surface area contributed by atoms with Gasteiger partial charge < -0.3 is 20.1 Å². The van der Waals surface area contributed by atoms with Gasteiger partial charge in [0.25, 0.3) is 0 Å². The van der Waals surface area contributed by atoms with E-state index in [0.717, 1.165) is 16.9 Å². The van der Waals surface area contributed by atoms with E-state index in [1.54, 1.807) is 19.1 Å². The maximum atomic E-state index is 11.9. The molecule has 0 aliphatic rings. The number of aryl methyl sites for hydroxylation is 1. The first-order chi connectivity index (χ1) is 8.99. The van der Waals surface area contributed by atoms with E-state index in [1.165, 1.54) is 7.11 Å². The van der Waals surface area contributed by atoms with E-state index >= 15 is 0 Å². The van der Waals surface area contributed by atoms with Gasteiger partial charge in [-0.15, -0.1) is 0 Å². The van der Waals surface area contributed by atoms with Crippen molar-refractivity contribution in [1.82, 2.24) is 4.90 Å². The first kappa shape index (κ1) is 15.5. The number of carbonyl (C=O) groups is 1. The monoisotopic (exact) mass is 266 g/mol. The van der Waals surface area contributed by atoms with Gasteiger partial charge in [-0.25, -0.2) is 0 Å². The molecule has 0 saturated carbocycles. The predicted molar refractivity (Wildman–Crippen MR) is 74.1 cm³/mol. The summed E-state index contributed by atoms with van der Waals surface area (Å²) < 4.78 is 10.1. The first-order valence-electron chi connectivity index (χ1n) is 6.12. The van der Waals surface area contributed by atoms with Crippen LogP contribution in [0.25, 0.3) is 0 Å². The van der Waals surface area contributed by atoms with E-state index < -0.39 is 6.04 Å². The zero-order valence-electron chi connectivity index (χ0n) is 12.0. The number of amides is 1. The third kappa shape index (κ3) is 4.22. The zero-order chi connectivity index (χ0) is 14.4. The van der Waals surface area contributed by atoms with Gasteiger partial charge in [0.1, 0.15) is 11.8 Å². The molecule has 0 radical (unpaired) electrons. The van der Waals surface area contributed by atoms with Crippen LogP contribution in [0.2, 0.25) is 0 Å². The topological polar surface area (TPSA) is 64.8 Å². The highest BCUT2D eigenvalue weighted by molar-refractivity contribution is 5.81. The average Bonchev–Trinajstić information content (AvgIpc) is 2.38. The molecular weight excluding hydrogens is 244 g/mol. The highest BCUT2D eigenvalue weighted by Gasteiger charge is 2.18. The molecule has 1 aromatic rings. The minimum atomic E-state index is -0.616. The largest absolute Gasteiger partial charge is 0.496 e. The fourth-order valence-corrected chi connectivity index (χ4v) is 1.92. The van der Waals surface area contributed by atoms with Crippen LogP contribution < -0.4 is 10.5 Å². The number of nitrogens with zero attached hydrogens (tertiary/aromatic N) is 1. The van der Waals surface area contributed by atoms with Crippen LogP contribution >= 0.6 is 0 Å². The molecule has 0 bridgehead atoms. The van der Waals surface area contributed by atoms with Crippen LogP contribution in [0.3, 0.4) is 0 Å². The van der Waals surface area contributed by atoms with Crippen LogP contribution in [0.1, 0.15) is 11.1 Å². The number of carbonyl (C=O) groups excluding carboxylic acids is 1. The Morgan fingerprint density at radius 2 is 2.11 bits per heavy atom. The summed E-state index contributed by atoms with van der Waals surface area (Å²) in [5.41, 5.74) is 7.81. The fraction of sp³-hybridized carbons (Fsp3) is 0.500. The standard InChI is InChI=1S/C14H22N2O3/c1-10-7-11(5-6-13(10)19-4)8-16(2)14(17)12(15)9-18-3/h5-7,12H,8-9,15H2,1-4H3. The van der Waals surface area contributed by atoms with E-state index in [-0.39, 0.29) is 12.5 Å². The van der Waals surface area contributed by atoms with Gasteiger partial charge in [-0.3, -0.25) is 4.79 Å². The summed E-state index contributed by atoms with van der Waals surface area (Å²) in [5, 5.41) is 0. The molecule has 5 nitrogen and oxygen atoms in total. The lowest BCUT2D eigenvalue weighted by atomic mass is 10.1. The summed E-state index contributed by atoms with van der Waals surface area (Å²) in [7, 11) is 4.90. The second kappa shape index (κ2) is 7.11. The molecule has 0 fully saturated rings. The maximum Gasteiger partial charge on any atom is 0.241 e. The Bertz CT molecular complexity index is 435. The number of methoxy groups -OCH3 is 2. The van der Waals surface area contributed by atoms with Gasteiger partial charge in [-0.05, 0) is 24.1 Å². The van der Waals surface area contributed by atoms with Gasteiger partial charge in [-0.1, -0.05) is 12.1 Å². The number of ether oxygens (including phenoxy) is 2. The van der Waals surface area contributed by atoms with Crippen molar-refractivity contribution in [3.8, 4) is 5.75 Å². The maximum absolute atomic E-state index is 11.9. The van der Waals surface area contributed by atoms with E-state index in [1.807, 2.05) is 25.1 Å². The average molecular weight is 266 g/mol. The molecule has 1 rings (SSSR count). The minimum Gasteiger partial charge on any atom is -0.496 e. The summed E-state index contributed by atoms with van der Waals surface area (Å²) in [6, 6.07) is 5.23. The lowest BCUT2D eigenvalue weighted by Gasteiger charge is -2.21. The van der Waals surface area contributed by atoms with E-state index in [2.05, 4.69) is 0 Å². The number of likely N-dealkylation sites (N-methyl/N-ethyl adjacent to an activating group) is 1. The second-order valence-electron chi connectivity index (χ2n) is 4.56. The van der Waals surface area contributed by atoms with E-state index in [9.17, 15) is 4.79 Å². The Hall–Kier alpha value is -1.59. The molecule has 19 heavy (non-hydrogen) atoms. The van der Waals surface area contributed by atoms with Crippen molar-refractivity contribution in [2.45, 2.75) is 19.5 Å². The van der Waals surface area contributed by atoms with Gasteiger partial charge >= 0.3 is 0 Å². The van der Waals surface area contributed by atoms with Crippen LogP contribution in [-0.4, -0.2) is 44.7 Å². The molecule has 0 heterocycles. The predicted octanol–water partition coefficient (Wildman–Crippen LogP) is 0.936. The minimum absolute atomic E-state index is 0.129. The Morgan fingerprint density at radius 1 is 1.42 bits per heavy atom. The van der Waals surface area contributed by atoms with Crippen molar-refractivity contribution in [2.24, 2.45) is 5.73 Å². The summed E-state index contributed by atoms with van der Waals surface area (Å²) in [6.45, 7) is 2.71. The van der Waals surface area contributed by atoms with E-state index in [4.69, 9.17) is 15.2 Å². The molecule has 1 atom stereocenters. The van der Waals surface area contributed by atoms with Gasteiger partial charge in [-0.2, -0.15) is 0 Å². The number of hydrogen-bond donors (Lipinski definition) is 1. The van der Waals surface area contributed by atoms with Crippen molar-refractivity contribution in [2.75, 3.05) is 27.9 Å². The molecule has 1 unspecified atom stereocenters. The summed E-state index contributed by atoms with van der Waals surface area (Å²) in [6.07, 6.45) is 0. The third-order valence-electron chi connectivity index (χ3n) is 2.92. The van der Waals surface area contributed by atoms with Crippen molar-refractivity contribution >= 4 is 5.91 Å². The zero-order valence-corrected chi connectivity index (χ0v) is 12.0. The van der Waals surface area contributed by atoms with Crippen LogP contribution in [0.5, 0.6) is 5.75 Å². The van der Waals surface area contributed by atoms with Crippen molar-refractivity contribution in [3.63, 3.8) is 0 Å². The molecule has 1 amide bonds. The Kier molecular flexibility index (Phi) is 5.79. The molecule has 5 heteroatoms. The van der Waals surface area contributed by atoms with Crippen LogP contribution in [0, 0.1) is 6.92 Å². The van der Waals surface area contributed by atoms with Gasteiger partial charge in [0, 0.05) is 20.7 Å². The highest BCUT2D eigenvalue weighted by Crippen LogP contribution is 2.19. The quantitative estimate of drug-likeness (QED) is 0.832. The summed E-state index contributed by atoms with van der Waals surface area (Å²) in [5.74, 6) is 0.712. The van der Waals surface area contributed by atoms with Crippen LogP contribution in [0.15, 0.2) is 18.2 Å². The fourth-order valence-electron chi connectivity index (χ4n) is 1.92. The van der Waals surface area contributed by atoms with Crippen molar-refractivity contribution in [1.29, 1.82) is 0 Å². The molecule has 0 spiro atoms. The highest BCUT2D eigenvalue weighted by atomic mass is 16.5. The molecule has 0 saturated heterocycles. The molecule has 106 valence electrons. The number of rotatable bonds is 6. The van der Waals surface area contributed by atoms with E-state index in [0.29, 0.717) is 6.54 Å². The Balaban J connectivity index is 2.68. The van der Waals surface area contributed by atoms with Crippen LogP contribution in [0.4, 0.5) is 0 Å². The summed E-state index contributed by atoms with van der Waals surface area (Å²) >= 11 is 0. The normalized spacial score (nSPS) is 12.1. The Morgan fingerprint density at radius 3 is 2.63 bits per heavy atom. The second-order valence-corrected chi connectivity index (χ2v) is 4.56. The molecule has 2 N–H and O–H groups in total. The van der Waals surface area contributed by atoms with Gasteiger partial charge in [0.15, 0.2) is 0 Å². The lowest BCUT2D eigenvalue weighted by Crippen LogP contribution is -2.44. The third-order valence-corrected chi connectivity index (χ3v) is 2.92. The number of nitrogens with two attached hydrogens (primary N) is 1. The lowest BCUT2D eigenvalue weighted by molar-refractivity contribution is -0.132. The molecule has 0 aromatic heterocycles. The Labute approximate surface area is 114 Å². The number of benzene rings is 1. The molecule has 0 aliphatic carbocycles. The molecular formula is C14H22N2O3. The van der Waals surface area contributed by atoms with Crippen molar-refractivity contribution in [3.05, 3.63) is 29.3 Å². The number of hydrogen-bond acceptors (Lipinski definition) is 4. The SMILES string of the molecule is COCC(N)C(=O)N(C)Cc1ccc(OC)c(C)c1. The van der Waals surface area contributed by atoms with Crippen LogP contribution in [-0.2, 0) is 16.1 Å². The van der Waals surface area contributed by atoms with Gasteiger partial charge in [0.2, 0.25) is 5.91 Å². The van der Waals surface area contributed by atoms with Gasteiger partial charge in [0.05, 0.1) is 13.7 Å². The molecule has 0 aliphatic heterocycles. The first-order valence-corrected chi connectivity index (χ1v) is 6.12. The smallest absolute Gasteiger partial charge is 0.241 e. The summed E-state index contributed by atoms with van der Waals surface area (Å²) in [4.78, 5) is 13.5.